The van der Waals surface area contributed by atoms with Crippen LogP contribution in [0.2, 0.25) is 0 Å². The van der Waals surface area contributed by atoms with Gasteiger partial charge in [0.05, 0.1) is 0 Å². The lowest BCUT2D eigenvalue weighted by molar-refractivity contribution is -0.126. The average molecular weight is 261 g/mol. The van der Waals surface area contributed by atoms with E-state index in [0.29, 0.717) is 25.8 Å². The molecule has 0 aromatic heterocycles. The summed E-state index contributed by atoms with van der Waals surface area (Å²) in [5.74, 6) is -0.584. The Morgan fingerprint density at radius 1 is 1.29 bits per heavy atom. The number of rotatable bonds is 10. The zero-order valence-electron chi connectivity index (χ0n) is 9.65. The molecule has 0 aromatic carbocycles. The van der Waals surface area contributed by atoms with Crippen LogP contribution in [-0.2, 0) is 14.4 Å². The van der Waals surface area contributed by atoms with Crippen LogP contribution in [0.15, 0.2) is 0 Å². The Morgan fingerprint density at radius 2 is 2.00 bits per heavy atom. The second-order valence-corrected chi connectivity index (χ2v) is 3.95. The molecule has 0 saturated carbocycles. The highest BCUT2D eigenvalue weighted by Gasteiger charge is 2.15. The lowest BCUT2D eigenvalue weighted by atomic mass is 10.2. The third-order valence-electron chi connectivity index (χ3n) is 2.17. The summed E-state index contributed by atoms with van der Waals surface area (Å²) < 4.78 is 0. The zero-order chi connectivity index (χ0) is 13.1. The number of unbranched alkanes of at least 4 members (excludes halogenated alkanes) is 2. The van der Waals surface area contributed by atoms with Gasteiger partial charge in [0.25, 0.3) is 0 Å². The number of nitrogens with one attached hydrogen (secondary N) is 2. The van der Waals surface area contributed by atoms with Crippen LogP contribution >= 0.6 is 12.6 Å². The van der Waals surface area contributed by atoms with E-state index in [2.05, 4.69) is 23.3 Å². The van der Waals surface area contributed by atoms with Gasteiger partial charge in [0.1, 0.15) is 6.04 Å². The number of hydrogen-bond donors (Lipinski definition) is 4. The smallest absolute Gasteiger partial charge is 0.240 e. The van der Waals surface area contributed by atoms with Gasteiger partial charge in [-0.1, -0.05) is 6.42 Å². The first-order valence-corrected chi connectivity index (χ1v) is 6.11. The molecule has 3 amide bonds. The molecular weight excluding hydrogens is 242 g/mol. The maximum atomic E-state index is 11.4. The van der Waals surface area contributed by atoms with Crippen molar-refractivity contribution in [3.63, 3.8) is 0 Å². The molecule has 0 radical (unpaired) electrons. The summed E-state index contributed by atoms with van der Waals surface area (Å²) in [5.41, 5.74) is 5.06. The molecule has 0 aromatic rings. The van der Waals surface area contributed by atoms with Crippen molar-refractivity contribution >= 4 is 30.9 Å². The molecular formula is C10H19N3O3S. The Bertz CT molecular complexity index is 261. The van der Waals surface area contributed by atoms with Gasteiger partial charge in [0, 0.05) is 18.7 Å². The van der Waals surface area contributed by atoms with E-state index in [9.17, 15) is 14.4 Å². The lowest BCUT2D eigenvalue weighted by Gasteiger charge is -2.12. The van der Waals surface area contributed by atoms with Gasteiger partial charge in [0.2, 0.25) is 18.2 Å². The summed E-state index contributed by atoms with van der Waals surface area (Å²) in [6.45, 7) is 0.617. The van der Waals surface area contributed by atoms with Crippen LogP contribution in [0.5, 0.6) is 0 Å². The monoisotopic (exact) mass is 261 g/mol. The molecule has 1 unspecified atom stereocenters. The maximum absolute atomic E-state index is 11.4. The second-order valence-electron chi connectivity index (χ2n) is 3.59. The molecule has 0 aliphatic heterocycles. The van der Waals surface area contributed by atoms with E-state index in [1.165, 1.54) is 0 Å². The standard InChI is InChI=1S/C10H19N3O3S/c11-10(16)8(6-17)13-9(15)4-2-1-3-5-12-7-14/h7-8,17H,1-6H2,(H2,11,16)(H,12,14)(H,13,15). The highest BCUT2D eigenvalue weighted by atomic mass is 32.1. The van der Waals surface area contributed by atoms with E-state index in [1.54, 1.807) is 0 Å². The van der Waals surface area contributed by atoms with Crippen molar-refractivity contribution in [2.45, 2.75) is 31.7 Å². The Morgan fingerprint density at radius 3 is 2.53 bits per heavy atom. The largest absolute Gasteiger partial charge is 0.368 e. The molecule has 7 heteroatoms. The van der Waals surface area contributed by atoms with Crippen molar-refractivity contribution in [2.75, 3.05) is 12.3 Å². The molecule has 0 aliphatic carbocycles. The minimum Gasteiger partial charge on any atom is -0.368 e. The van der Waals surface area contributed by atoms with Gasteiger partial charge in [0.15, 0.2) is 0 Å². The van der Waals surface area contributed by atoms with E-state index < -0.39 is 11.9 Å². The third kappa shape index (κ3) is 8.56. The van der Waals surface area contributed by atoms with E-state index >= 15 is 0 Å². The first kappa shape index (κ1) is 15.8. The minimum absolute atomic E-state index is 0.199. The Kier molecular flexibility index (Phi) is 9.22. The minimum atomic E-state index is -0.706. The summed E-state index contributed by atoms with van der Waals surface area (Å²) in [7, 11) is 0. The van der Waals surface area contributed by atoms with Crippen molar-refractivity contribution in [3.8, 4) is 0 Å². The Labute approximate surface area is 106 Å². The van der Waals surface area contributed by atoms with E-state index in [1.807, 2.05) is 0 Å². The maximum Gasteiger partial charge on any atom is 0.240 e. The average Bonchev–Trinajstić information content (AvgIpc) is 2.30. The van der Waals surface area contributed by atoms with Gasteiger partial charge < -0.3 is 16.4 Å². The number of hydrogen-bond acceptors (Lipinski definition) is 4. The number of primary amides is 1. The Balaban J connectivity index is 3.58. The first-order valence-electron chi connectivity index (χ1n) is 5.48. The summed E-state index contributed by atoms with van der Waals surface area (Å²) in [6, 6.07) is -0.706. The topological polar surface area (TPSA) is 101 Å². The van der Waals surface area contributed by atoms with E-state index in [0.717, 1.165) is 12.8 Å². The number of carbonyl (C=O) groups is 3. The summed E-state index contributed by atoms with van der Waals surface area (Å²) >= 11 is 3.92. The molecule has 0 fully saturated rings. The van der Waals surface area contributed by atoms with E-state index in [-0.39, 0.29) is 11.7 Å². The van der Waals surface area contributed by atoms with Crippen LogP contribution in [0.4, 0.5) is 0 Å². The molecule has 0 aliphatic rings. The Hall–Kier alpha value is -1.24. The van der Waals surface area contributed by atoms with Gasteiger partial charge >= 0.3 is 0 Å². The third-order valence-corrected chi connectivity index (χ3v) is 2.53. The molecule has 17 heavy (non-hydrogen) atoms. The van der Waals surface area contributed by atoms with Crippen LogP contribution in [0.25, 0.3) is 0 Å². The van der Waals surface area contributed by atoms with Gasteiger partial charge in [-0.3, -0.25) is 14.4 Å². The fourth-order valence-electron chi connectivity index (χ4n) is 1.22. The number of carbonyl (C=O) groups excluding carboxylic acids is 3. The van der Waals surface area contributed by atoms with Crippen molar-refractivity contribution in [3.05, 3.63) is 0 Å². The SMILES string of the molecule is NC(=O)C(CS)NC(=O)CCCCCNC=O. The lowest BCUT2D eigenvalue weighted by Crippen LogP contribution is -2.45. The zero-order valence-corrected chi connectivity index (χ0v) is 10.5. The van der Waals surface area contributed by atoms with Gasteiger partial charge in [-0.2, -0.15) is 12.6 Å². The molecule has 0 bridgehead atoms. The van der Waals surface area contributed by atoms with Gasteiger partial charge in [-0.05, 0) is 12.8 Å². The van der Waals surface area contributed by atoms with Crippen LogP contribution < -0.4 is 16.4 Å². The molecule has 98 valence electrons. The first-order chi connectivity index (χ1) is 8.11. The number of thiol groups is 1. The second kappa shape index (κ2) is 9.95. The fraction of sp³-hybridized carbons (Fsp3) is 0.700. The molecule has 0 heterocycles. The summed E-state index contributed by atoms with van der Waals surface area (Å²) in [6.07, 6.45) is 3.38. The number of amides is 3. The quantitative estimate of drug-likeness (QED) is 0.235. The predicted molar refractivity (Wildman–Crippen MR) is 67.5 cm³/mol. The molecule has 0 rings (SSSR count). The highest BCUT2D eigenvalue weighted by molar-refractivity contribution is 7.80. The fourth-order valence-corrected chi connectivity index (χ4v) is 1.49. The molecule has 0 spiro atoms. The predicted octanol–water partition coefficient (Wildman–Crippen LogP) is -0.807. The van der Waals surface area contributed by atoms with Crippen molar-refractivity contribution < 1.29 is 14.4 Å². The summed E-state index contributed by atoms with van der Waals surface area (Å²) in [4.78, 5) is 32.2. The van der Waals surface area contributed by atoms with Crippen LogP contribution in [0.3, 0.4) is 0 Å². The van der Waals surface area contributed by atoms with Crippen LogP contribution in [0.1, 0.15) is 25.7 Å². The number of nitrogens with two attached hydrogens (primary N) is 1. The van der Waals surface area contributed by atoms with E-state index in [4.69, 9.17) is 5.73 Å². The summed E-state index contributed by atoms with van der Waals surface area (Å²) in [5, 5.41) is 5.05. The molecule has 1 atom stereocenters. The van der Waals surface area contributed by atoms with Gasteiger partial charge in [-0.15, -0.1) is 0 Å². The normalized spacial score (nSPS) is 11.6. The molecule has 0 saturated heterocycles. The van der Waals surface area contributed by atoms with Crippen molar-refractivity contribution in [2.24, 2.45) is 5.73 Å². The van der Waals surface area contributed by atoms with Crippen LogP contribution in [-0.4, -0.2) is 36.6 Å². The van der Waals surface area contributed by atoms with Crippen LogP contribution in [0, 0.1) is 0 Å². The molecule has 4 N–H and O–H groups in total. The van der Waals surface area contributed by atoms with Crippen molar-refractivity contribution in [1.82, 2.24) is 10.6 Å². The highest BCUT2D eigenvalue weighted by Crippen LogP contribution is 1.99. The molecule has 6 nitrogen and oxygen atoms in total. The van der Waals surface area contributed by atoms with Gasteiger partial charge in [-0.25, -0.2) is 0 Å². The van der Waals surface area contributed by atoms with Crippen molar-refractivity contribution in [1.29, 1.82) is 0 Å².